The molecule has 5 nitrogen and oxygen atoms in total. The van der Waals surface area contributed by atoms with Gasteiger partial charge in [0.2, 0.25) is 5.95 Å². The molecule has 0 bridgehead atoms. The van der Waals surface area contributed by atoms with Gasteiger partial charge in [0.05, 0.1) is 0 Å². The van der Waals surface area contributed by atoms with Gasteiger partial charge in [0.15, 0.2) is 0 Å². The summed E-state index contributed by atoms with van der Waals surface area (Å²) in [6, 6.07) is 0.866. The lowest BCUT2D eigenvalue weighted by atomic mass is 9.91. The average molecular weight is 403 g/mol. The largest absolute Gasteiger partial charge is 0.338 e. The molecule has 1 aromatic heterocycles. The number of nitrogens with zero attached hydrogens (tertiary/aromatic N) is 4. The van der Waals surface area contributed by atoms with Gasteiger partial charge in [-0.2, -0.15) is 0 Å². The Morgan fingerprint density at radius 3 is 2.24 bits per heavy atom. The second-order valence-electron chi connectivity index (χ2n) is 8.56. The highest BCUT2D eigenvalue weighted by molar-refractivity contribution is 5.75. The molecule has 164 valence electrons. The van der Waals surface area contributed by atoms with Gasteiger partial charge >= 0.3 is 0 Å². The van der Waals surface area contributed by atoms with Crippen molar-refractivity contribution >= 4 is 11.7 Å². The smallest absolute Gasteiger partial charge is 0.225 e. The third-order valence-corrected chi connectivity index (χ3v) is 6.02. The molecule has 0 unspecified atom stereocenters. The molecule has 0 radical (unpaired) electrons. The molecule has 1 aromatic rings. The molecule has 1 aliphatic carbocycles. The van der Waals surface area contributed by atoms with E-state index < -0.39 is 0 Å². The molecule has 0 aromatic carbocycles. The van der Waals surface area contributed by atoms with Crippen LogP contribution in [-0.2, 0) is 17.6 Å². The number of ketones is 1. The lowest BCUT2D eigenvalue weighted by Gasteiger charge is -2.43. The first kappa shape index (κ1) is 23.8. The molecule has 0 N–H and O–H groups in total. The zero-order valence-electron chi connectivity index (χ0n) is 19.3. The number of aryl methyl sites for hydroxylation is 2. The first-order valence-electron chi connectivity index (χ1n) is 11.9. The second kappa shape index (κ2) is 12.9. The van der Waals surface area contributed by atoms with Gasteiger partial charge < -0.3 is 9.69 Å². The van der Waals surface area contributed by atoms with Crippen LogP contribution in [0, 0.1) is 0 Å². The fourth-order valence-electron chi connectivity index (χ4n) is 4.01. The van der Waals surface area contributed by atoms with Crippen LogP contribution in [0.25, 0.3) is 0 Å². The summed E-state index contributed by atoms with van der Waals surface area (Å²) >= 11 is 0. The zero-order chi connectivity index (χ0) is 21.1. The van der Waals surface area contributed by atoms with Gasteiger partial charge in [-0.05, 0) is 51.0 Å². The van der Waals surface area contributed by atoms with Gasteiger partial charge in [-0.1, -0.05) is 40.0 Å². The highest BCUT2D eigenvalue weighted by Crippen LogP contribution is 2.26. The third-order valence-electron chi connectivity index (χ3n) is 6.02. The minimum atomic E-state index is 0.289. The summed E-state index contributed by atoms with van der Waals surface area (Å²) in [6.45, 7) is 12.6. The van der Waals surface area contributed by atoms with Crippen molar-refractivity contribution in [2.45, 2.75) is 97.9 Å². The number of aromatic nitrogens is 2. The van der Waals surface area contributed by atoms with E-state index in [0.29, 0.717) is 0 Å². The van der Waals surface area contributed by atoms with Gasteiger partial charge in [0, 0.05) is 50.5 Å². The summed E-state index contributed by atoms with van der Waals surface area (Å²) in [5.41, 5.74) is 2.65. The SMILES string of the molecule is CCCC(C)=O.CCCCc1nc(N2CCN(C3CCC3)CC2)ncc1CCC. The van der Waals surface area contributed by atoms with Gasteiger partial charge in [-0.25, -0.2) is 9.97 Å². The molecule has 0 spiro atoms. The molecular formula is C24H42N4O. The Morgan fingerprint density at radius 1 is 1.03 bits per heavy atom. The van der Waals surface area contributed by atoms with Gasteiger partial charge in [0.1, 0.15) is 5.78 Å². The minimum absolute atomic E-state index is 0.289. The number of unbranched alkanes of at least 4 members (excludes halogenated alkanes) is 1. The fraction of sp³-hybridized carbons (Fsp3) is 0.792. The monoisotopic (exact) mass is 402 g/mol. The number of hydrogen-bond acceptors (Lipinski definition) is 5. The van der Waals surface area contributed by atoms with E-state index in [2.05, 4.69) is 29.8 Å². The van der Waals surface area contributed by atoms with Crippen LogP contribution in [0.5, 0.6) is 0 Å². The molecule has 2 aliphatic rings. The van der Waals surface area contributed by atoms with Crippen molar-refractivity contribution in [2.75, 3.05) is 31.1 Å². The Morgan fingerprint density at radius 2 is 1.76 bits per heavy atom. The third kappa shape index (κ3) is 7.69. The van der Waals surface area contributed by atoms with Crippen molar-refractivity contribution in [1.82, 2.24) is 14.9 Å². The van der Waals surface area contributed by atoms with Crippen molar-refractivity contribution in [1.29, 1.82) is 0 Å². The van der Waals surface area contributed by atoms with Crippen molar-refractivity contribution < 1.29 is 4.79 Å². The van der Waals surface area contributed by atoms with E-state index in [4.69, 9.17) is 9.97 Å². The number of piperazine rings is 1. The number of Topliss-reactive ketones (excluding diaryl/α,β-unsaturated/α-hetero) is 1. The molecule has 1 saturated carbocycles. The summed E-state index contributed by atoms with van der Waals surface area (Å²) in [4.78, 5) is 24.7. The Hall–Kier alpha value is -1.49. The molecule has 2 fully saturated rings. The molecule has 0 amide bonds. The summed E-state index contributed by atoms with van der Waals surface area (Å²) in [7, 11) is 0. The Labute approximate surface area is 178 Å². The topological polar surface area (TPSA) is 49.3 Å². The number of rotatable bonds is 9. The number of carbonyl (C=O) groups excluding carboxylic acids is 1. The van der Waals surface area contributed by atoms with Gasteiger partial charge in [0.25, 0.3) is 0 Å². The average Bonchev–Trinajstić information content (AvgIpc) is 2.67. The van der Waals surface area contributed by atoms with Crippen LogP contribution in [0.2, 0.25) is 0 Å². The molecular weight excluding hydrogens is 360 g/mol. The van der Waals surface area contributed by atoms with Crippen molar-refractivity contribution in [3.8, 4) is 0 Å². The molecule has 0 atom stereocenters. The van der Waals surface area contributed by atoms with E-state index in [1.54, 1.807) is 6.92 Å². The molecule has 2 heterocycles. The van der Waals surface area contributed by atoms with Crippen molar-refractivity contribution in [3.63, 3.8) is 0 Å². The predicted molar refractivity (Wildman–Crippen MR) is 122 cm³/mol. The fourth-order valence-corrected chi connectivity index (χ4v) is 4.01. The Bertz CT molecular complexity index is 607. The number of hydrogen-bond donors (Lipinski definition) is 0. The van der Waals surface area contributed by atoms with Crippen LogP contribution in [0.15, 0.2) is 6.20 Å². The molecule has 1 saturated heterocycles. The van der Waals surface area contributed by atoms with Crippen LogP contribution >= 0.6 is 0 Å². The first-order chi connectivity index (χ1) is 14.1. The maximum atomic E-state index is 10.0. The number of anilines is 1. The lowest BCUT2D eigenvalue weighted by molar-refractivity contribution is -0.117. The minimum Gasteiger partial charge on any atom is -0.338 e. The second-order valence-corrected chi connectivity index (χ2v) is 8.56. The predicted octanol–water partition coefficient (Wildman–Crippen LogP) is 4.82. The summed E-state index contributed by atoms with van der Waals surface area (Å²) in [5, 5.41) is 0. The van der Waals surface area contributed by atoms with Crippen molar-refractivity contribution in [2.24, 2.45) is 0 Å². The molecule has 5 heteroatoms. The summed E-state index contributed by atoms with van der Waals surface area (Å²) < 4.78 is 0. The van der Waals surface area contributed by atoms with Crippen LogP contribution in [0.4, 0.5) is 5.95 Å². The van der Waals surface area contributed by atoms with Gasteiger partial charge in [-0.15, -0.1) is 0 Å². The highest BCUT2D eigenvalue weighted by atomic mass is 16.1. The van der Waals surface area contributed by atoms with Crippen LogP contribution in [0.3, 0.4) is 0 Å². The highest BCUT2D eigenvalue weighted by Gasteiger charge is 2.28. The molecule has 1 aliphatic heterocycles. The van der Waals surface area contributed by atoms with E-state index in [-0.39, 0.29) is 5.78 Å². The Balaban J connectivity index is 0.000000438. The van der Waals surface area contributed by atoms with E-state index in [9.17, 15) is 4.79 Å². The Kier molecular flexibility index (Phi) is 10.6. The first-order valence-corrected chi connectivity index (χ1v) is 11.9. The van der Waals surface area contributed by atoms with E-state index in [0.717, 1.165) is 50.8 Å². The standard InChI is InChI=1S/C19H32N4.C5H10O/c1-3-5-10-18-16(7-4-2)15-20-19(21-18)23-13-11-22(12-14-23)17-8-6-9-17;1-3-4-5(2)6/h15,17H,3-14H2,1-2H3;3-4H2,1-2H3. The lowest BCUT2D eigenvalue weighted by Crippen LogP contribution is -2.52. The van der Waals surface area contributed by atoms with Crippen LogP contribution in [0.1, 0.15) is 90.3 Å². The van der Waals surface area contributed by atoms with E-state index in [1.807, 2.05) is 6.92 Å². The summed E-state index contributed by atoms with van der Waals surface area (Å²) in [6.07, 6.45) is 13.9. The van der Waals surface area contributed by atoms with Crippen LogP contribution < -0.4 is 4.90 Å². The van der Waals surface area contributed by atoms with Crippen molar-refractivity contribution in [3.05, 3.63) is 17.5 Å². The number of carbonyl (C=O) groups is 1. The zero-order valence-corrected chi connectivity index (χ0v) is 19.3. The normalized spacial score (nSPS) is 17.4. The summed E-state index contributed by atoms with van der Waals surface area (Å²) in [5.74, 6) is 1.25. The van der Waals surface area contributed by atoms with E-state index >= 15 is 0 Å². The molecule has 29 heavy (non-hydrogen) atoms. The quantitative estimate of drug-likeness (QED) is 0.592. The maximum Gasteiger partial charge on any atom is 0.225 e. The molecule has 3 rings (SSSR count). The van der Waals surface area contributed by atoms with E-state index in [1.165, 1.54) is 62.9 Å². The van der Waals surface area contributed by atoms with Crippen LogP contribution in [-0.4, -0.2) is 52.9 Å². The maximum absolute atomic E-state index is 10.0. The van der Waals surface area contributed by atoms with Gasteiger partial charge in [-0.3, -0.25) is 4.90 Å².